The number of nitrogens with zero attached hydrogens (tertiary/aromatic N) is 1. The van der Waals surface area contributed by atoms with E-state index in [-0.39, 0.29) is 18.5 Å². The van der Waals surface area contributed by atoms with E-state index in [2.05, 4.69) is 17.1 Å². The number of aliphatic carboxylic acids is 1. The highest BCUT2D eigenvalue weighted by molar-refractivity contribution is 5.67. The van der Waals surface area contributed by atoms with Gasteiger partial charge in [-0.2, -0.15) is 0 Å². The molecule has 2 rings (SSSR count). The fourth-order valence-electron chi connectivity index (χ4n) is 2.52. The van der Waals surface area contributed by atoms with Gasteiger partial charge in [-0.3, -0.25) is 4.79 Å². The molecule has 104 valence electrons. The predicted octanol–water partition coefficient (Wildman–Crippen LogP) is 1.34. The topological polar surface area (TPSA) is 61.8 Å². The van der Waals surface area contributed by atoms with Gasteiger partial charge in [0.05, 0.1) is 13.5 Å². The molecule has 1 aromatic rings. The van der Waals surface area contributed by atoms with Gasteiger partial charge in [-0.25, -0.2) is 0 Å². The third-order valence-electron chi connectivity index (χ3n) is 3.31. The molecule has 1 saturated heterocycles. The molecule has 0 aliphatic carbocycles. The van der Waals surface area contributed by atoms with Crippen molar-refractivity contribution in [1.29, 1.82) is 0 Å². The van der Waals surface area contributed by atoms with Crippen molar-refractivity contribution in [3.63, 3.8) is 0 Å². The average molecular weight is 264 g/mol. The van der Waals surface area contributed by atoms with Crippen LogP contribution in [0.4, 0.5) is 5.69 Å². The molecule has 2 atom stereocenters. The Morgan fingerprint density at radius 3 is 2.68 bits per heavy atom. The van der Waals surface area contributed by atoms with Crippen LogP contribution in [0.1, 0.15) is 13.3 Å². The molecule has 0 amide bonds. The molecule has 0 radical (unpaired) electrons. The van der Waals surface area contributed by atoms with Crippen LogP contribution < -0.4 is 15.0 Å². The fourth-order valence-corrected chi connectivity index (χ4v) is 2.52. The van der Waals surface area contributed by atoms with Crippen LogP contribution in [0.3, 0.4) is 0 Å². The van der Waals surface area contributed by atoms with E-state index in [1.807, 2.05) is 24.3 Å². The number of carboxylic acid groups (broad SMARTS) is 1. The largest absolute Gasteiger partial charge is 0.497 e. The van der Waals surface area contributed by atoms with Gasteiger partial charge in [0.25, 0.3) is 0 Å². The van der Waals surface area contributed by atoms with Crippen molar-refractivity contribution < 1.29 is 14.6 Å². The highest BCUT2D eigenvalue weighted by atomic mass is 16.5. The summed E-state index contributed by atoms with van der Waals surface area (Å²) in [5.74, 6) is 0.0651. The maximum Gasteiger partial charge on any atom is 0.304 e. The smallest absolute Gasteiger partial charge is 0.304 e. The molecule has 1 aliphatic heterocycles. The van der Waals surface area contributed by atoms with E-state index in [1.165, 1.54) is 0 Å². The Hall–Kier alpha value is -1.75. The van der Waals surface area contributed by atoms with Gasteiger partial charge >= 0.3 is 5.97 Å². The van der Waals surface area contributed by atoms with Gasteiger partial charge in [0.1, 0.15) is 5.75 Å². The van der Waals surface area contributed by atoms with Crippen molar-refractivity contribution in [1.82, 2.24) is 5.32 Å². The first-order valence-electron chi connectivity index (χ1n) is 6.45. The second-order valence-electron chi connectivity index (χ2n) is 4.97. The van der Waals surface area contributed by atoms with Crippen LogP contribution in [0.15, 0.2) is 24.3 Å². The maximum absolute atomic E-state index is 10.8. The average Bonchev–Trinajstić information content (AvgIpc) is 2.37. The van der Waals surface area contributed by atoms with Gasteiger partial charge < -0.3 is 20.1 Å². The van der Waals surface area contributed by atoms with Crippen molar-refractivity contribution >= 4 is 11.7 Å². The van der Waals surface area contributed by atoms with E-state index in [9.17, 15) is 4.79 Å². The molecule has 1 aromatic carbocycles. The minimum Gasteiger partial charge on any atom is -0.497 e. The molecule has 0 aromatic heterocycles. The molecule has 0 spiro atoms. The first-order valence-corrected chi connectivity index (χ1v) is 6.45. The van der Waals surface area contributed by atoms with Crippen LogP contribution >= 0.6 is 0 Å². The standard InChI is InChI=1S/C14H20N2O3/c1-10-8-16(9-11(15-10)7-14(17)18)12-3-5-13(19-2)6-4-12/h3-6,10-11,15H,7-9H2,1-2H3,(H,17,18). The number of hydrogen-bond donors (Lipinski definition) is 2. The van der Waals surface area contributed by atoms with Crippen LogP contribution in [-0.4, -0.2) is 43.4 Å². The molecular weight excluding hydrogens is 244 g/mol. The molecule has 2 unspecified atom stereocenters. The molecule has 5 nitrogen and oxygen atoms in total. The fraction of sp³-hybridized carbons (Fsp3) is 0.500. The maximum atomic E-state index is 10.8. The van der Waals surface area contributed by atoms with Gasteiger partial charge in [-0.1, -0.05) is 0 Å². The number of benzene rings is 1. The summed E-state index contributed by atoms with van der Waals surface area (Å²) in [6, 6.07) is 8.13. The Morgan fingerprint density at radius 1 is 1.42 bits per heavy atom. The first-order chi connectivity index (χ1) is 9.08. The summed E-state index contributed by atoms with van der Waals surface area (Å²) >= 11 is 0. The summed E-state index contributed by atoms with van der Waals surface area (Å²) in [4.78, 5) is 13.0. The Balaban J connectivity index is 2.07. The number of anilines is 1. The molecule has 19 heavy (non-hydrogen) atoms. The first kappa shape index (κ1) is 13.7. The minimum atomic E-state index is -0.763. The van der Waals surface area contributed by atoms with Crippen molar-refractivity contribution in [3.05, 3.63) is 24.3 Å². The van der Waals surface area contributed by atoms with Crippen molar-refractivity contribution in [2.75, 3.05) is 25.1 Å². The molecule has 1 aliphatic rings. The van der Waals surface area contributed by atoms with Crippen LogP contribution in [-0.2, 0) is 4.79 Å². The number of nitrogens with one attached hydrogen (secondary N) is 1. The SMILES string of the molecule is COc1ccc(N2CC(C)NC(CC(=O)O)C2)cc1. The Kier molecular flexibility index (Phi) is 4.27. The van der Waals surface area contributed by atoms with E-state index in [0.29, 0.717) is 6.54 Å². The van der Waals surface area contributed by atoms with Crippen LogP contribution in [0.2, 0.25) is 0 Å². The van der Waals surface area contributed by atoms with Crippen LogP contribution in [0.25, 0.3) is 0 Å². The third-order valence-corrected chi connectivity index (χ3v) is 3.31. The Labute approximate surface area is 113 Å². The second kappa shape index (κ2) is 5.93. The van der Waals surface area contributed by atoms with E-state index < -0.39 is 5.97 Å². The van der Waals surface area contributed by atoms with Crippen LogP contribution in [0.5, 0.6) is 5.75 Å². The summed E-state index contributed by atoms with van der Waals surface area (Å²) in [6.07, 6.45) is 0.150. The predicted molar refractivity (Wildman–Crippen MR) is 73.8 cm³/mol. The summed E-state index contributed by atoms with van der Waals surface area (Å²) in [5, 5.41) is 12.2. The molecule has 0 bridgehead atoms. The summed E-state index contributed by atoms with van der Waals surface area (Å²) in [6.45, 7) is 3.66. The molecule has 0 saturated carbocycles. The lowest BCUT2D eigenvalue weighted by Gasteiger charge is -2.38. The highest BCUT2D eigenvalue weighted by Crippen LogP contribution is 2.21. The number of carbonyl (C=O) groups is 1. The van der Waals surface area contributed by atoms with Gasteiger partial charge in [0, 0.05) is 30.9 Å². The zero-order valence-electron chi connectivity index (χ0n) is 11.3. The number of hydrogen-bond acceptors (Lipinski definition) is 4. The number of methoxy groups -OCH3 is 1. The minimum absolute atomic E-state index is 0.0108. The lowest BCUT2D eigenvalue weighted by atomic mass is 10.1. The van der Waals surface area contributed by atoms with Crippen LogP contribution in [0, 0.1) is 0 Å². The van der Waals surface area contributed by atoms with Gasteiger partial charge in [-0.05, 0) is 31.2 Å². The molecule has 1 heterocycles. The van der Waals surface area contributed by atoms with Gasteiger partial charge in [0.15, 0.2) is 0 Å². The highest BCUT2D eigenvalue weighted by Gasteiger charge is 2.25. The lowest BCUT2D eigenvalue weighted by molar-refractivity contribution is -0.137. The van der Waals surface area contributed by atoms with E-state index >= 15 is 0 Å². The van der Waals surface area contributed by atoms with Crippen molar-refractivity contribution in [2.24, 2.45) is 0 Å². The summed E-state index contributed by atoms with van der Waals surface area (Å²) < 4.78 is 5.14. The normalized spacial score (nSPS) is 23.2. The van der Waals surface area contributed by atoms with Gasteiger partial charge in [0.2, 0.25) is 0 Å². The monoisotopic (exact) mass is 264 g/mol. The number of piperazine rings is 1. The van der Waals surface area contributed by atoms with Crippen molar-refractivity contribution in [2.45, 2.75) is 25.4 Å². The lowest BCUT2D eigenvalue weighted by Crippen LogP contribution is -2.56. The number of ether oxygens (including phenoxy) is 1. The molecule has 1 fully saturated rings. The Bertz CT molecular complexity index is 433. The Morgan fingerprint density at radius 2 is 2.11 bits per heavy atom. The zero-order valence-corrected chi connectivity index (χ0v) is 11.3. The van der Waals surface area contributed by atoms with E-state index in [4.69, 9.17) is 9.84 Å². The van der Waals surface area contributed by atoms with Crippen molar-refractivity contribution in [3.8, 4) is 5.75 Å². The van der Waals surface area contributed by atoms with Gasteiger partial charge in [-0.15, -0.1) is 0 Å². The number of carboxylic acids is 1. The van der Waals surface area contributed by atoms with E-state index in [1.54, 1.807) is 7.11 Å². The van der Waals surface area contributed by atoms with E-state index in [0.717, 1.165) is 18.0 Å². The molecular formula is C14H20N2O3. The molecule has 5 heteroatoms. The summed E-state index contributed by atoms with van der Waals surface area (Å²) in [7, 11) is 1.64. The third kappa shape index (κ3) is 3.61. The number of rotatable bonds is 4. The quantitative estimate of drug-likeness (QED) is 0.859. The summed E-state index contributed by atoms with van der Waals surface area (Å²) in [5.41, 5.74) is 1.10. The zero-order chi connectivity index (χ0) is 13.8. The second-order valence-corrected chi connectivity index (χ2v) is 4.97. The molecule has 2 N–H and O–H groups in total.